The van der Waals surface area contributed by atoms with E-state index in [2.05, 4.69) is 41.8 Å². The van der Waals surface area contributed by atoms with Crippen molar-refractivity contribution in [2.24, 2.45) is 0 Å². The molecule has 0 saturated carbocycles. The molecule has 3 nitrogen and oxygen atoms in total. The molecule has 2 aliphatic rings. The van der Waals surface area contributed by atoms with Crippen molar-refractivity contribution in [1.29, 1.82) is 0 Å². The van der Waals surface area contributed by atoms with Crippen molar-refractivity contribution in [2.45, 2.75) is 50.5 Å². The Morgan fingerprint density at radius 3 is 2.70 bits per heavy atom. The van der Waals surface area contributed by atoms with Crippen LogP contribution in [0.25, 0.3) is 0 Å². The fourth-order valence-corrected chi connectivity index (χ4v) is 4.53. The molecule has 0 aliphatic carbocycles. The predicted octanol–water partition coefficient (Wildman–Crippen LogP) is 3.48. The zero-order valence-corrected chi connectivity index (χ0v) is 15.2. The van der Waals surface area contributed by atoms with Crippen LogP contribution in [-0.4, -0.2) is 53.7 Å². The second-order valence-electron chi connectivity index (χ2n) is 6.87. The van der Waals surface area contributed by atoms with Crippen LogP contribution in [0.1, 0.15) is 36.8 Å². The van der Waals surface area contributed by atoms with Gasteiger partial charge in [-0.2, -0.15) is 0 Å². The van der Waals surface area contributed by atoms with Crippen molar-refractivity contribution in [2.75, 3.05) is 31.9 Å². The van der Waals surface area contributed by atoms with Crippen molar-refractivity contribution >= 4 is 17.7 Å². The summed E-state index contributed by atoms with van der Waals surface area (Å²) >= 11 is 1.80. The normalized spacial score (nSPS) is 22.0. The summed E-state index contributed by atoms with van der Waals surface area (Å²) < 4.78 is 0. The van der Waals surface area contributed by atoms with E-state index in [1.165, 1.54) is 42.0 Å². The van der Waals surface area contributed by atoms with Crippen LogP contribution >= 0.6 is 11.8 Å². The number of carbonyl (C=O) groups excluding carboxylic acids is 1. The Kier molecular flexibility index (Phi) is 5.65. The summed E-state index contributed by atoms with van der Waals surface area (Å²) in [5, 5.41) is 0. The molecular weight excluding hydrogens is 304 g/mol. The van der Waals surface area contributed by atoms with Crippen LogP contribution in [0.5, 0.6) is 0 Å². The number of hydrogen-bond donors (Lipinski definition) is 0. The van der Waals surface area contributed by atoms with Gasteiger partial charge in [0.1, 0.15) is 0 Å². The molecule has 2 heterocycles. The van der Waals surface area contributed by atoms with Gasteiger partial charge < -0.3 is 4.90 Å². The second-order valence-corrected chi connectivity index (χ2v) is 8.04. The van der Waals surface area contributed by atoms with Crippen LogP contribution in [0.2, 0.25) is 0 Å². The molecule has 1 atom stereocenters. The van der Waals surface area contributed by atoms with E-state index in [9.17, 15) is 4.79 Å². The molecule has 0 aromatic heterocycles. The van der Waals surface area contributed by atoms with E-state index in [0.29, 0.717) is 18.4 Å². The standard InChI is InChI=1S/C19H28N2OS/c1-15-5-6-18(13-16(15)2)23-12-8-19(22)21-11-7-17(14-21)20-9-3-4-10-20/h5-6,13,17H,3-4,7-12,14H2,1-2H3. The Morgan fingerprint density at radius 2 is 1.96 bits per heavy atom. The average Bonchev–Trinajstić information content (AvgIpc) is 3.20. The lowest BCUT2D eigenvalue weighted by Crippen LogP contribution is -2.37. The minimum Gasteiger partial charge on any atom is -0.341 e. The van der Waals surface area contributed by atoms with Gasteiger partial charge in [-0.05, 0) is 69.5 Å². The molecule has 0 bridgehead atoms. The van der Waals surface area contributed by atoms with Gasteiger partial charge in [0, 0.05) is 36.2 Å². The molecule has 1 unspecified atom stereocenters. The van der Waals surface area contributed by atoms with E-state index in [-0.39, 0.29) is 0 Å². The van der Waals surface area contributed by atoms with Crippen molar-refractivity contribution in [1.82, 2.24) is 9.80 Å². The smallest absolute Gasteiger partial charge is 0.223 e. The van der Waals surface area contributed by atoms with Gasteiger partial charge in [0.15, 0.2) is 0 Å². The molecule has 1 amide bonds. The molecule has 1 aromatic carbocycles. The summed E-state index contributed by atoms with van der Waals surface area (Å²) in [7, 11) is 0. The highest BCUT2D eigenvalue weighted by molar-refractivity contribution is 7.99. The fourth-order valence-electron chi connectivity index (χ4n) is 3.59. The Morgan fingerprint density at radius 1 is 1.17 bits per heavy atom. The number of amides is 1. The quantitative estimate of drug-likeness (QED) is 0.771. The number of nitrogens with zero attached hydrogens (tertiary/aromatic N) is 2. The highest BCUT2D eigenvalue weighted by Crippen LogP contribution is 2.24. The first kappa shape index (κ1) is 16.8. The first-order valence-corrected chi connectivity index (χ1v) is 9.84. The molecular formula is C19H28N2OS. The average molecular weight is 333 g/mol. The minimum atomic E-state index is 0.336. The lowest BCUT2D eigenvalue weighted by atomic mass is 10.1. The van der Waals surface area contributed by atoms with Gasteiger partial charge in [-0.15, -0.1) is 11.8 Å². The third-order valence-corrected chi connectivity index (χ3v) is 6.23. The van der Waals surface area contributed by atoms with E-state index in [0.717, 1.165) is 25.3 Å². The van der Waals surface area contributed by atoms with Gasteiger partial charge in [0.25, 0.3) is 0 Å². The largest absolute Gasteiger partial charge is 0.341 e. The molecule has 3 rings (SSSR count). The maximum absolute atomic E-state index is 12.4. The van der Waals surface area contributed by atoms with Crippen LogP contribution in [0.3, 0.4) is 0 Å². The number of rotatable bonds is 5. The number of thioether (sulfide) groups is 1. The Bertz CT molecular complexity index is 554. The van der Waals surface area contributed by atoms with Crippen LogP contribution < -0.4 is 0 Å². The van der Waals surface area contributed by atoms with Crippen LogP contribution in [0.15, 0.2) is 23.1 Å². The Balaban J connectivity index is 1.42. The summed E-state index contributed by atoms with van der Waals surface area (Å²) in [4.78, 5) is 18.4. The molecule has 4 heteroatoms. The molecule has 0 spiro atoms. The lowest BCUT2D eigenvalue weighted by Gasteiger charge is -2.23. The van der Waals surface area contributed by atoms with Gasteiger partial charge >= 0.3 is 0 Å². The number of benzene rings is 1. The monoisotopic (exact) mass is 332 g/mol. The van der Waals surface area contributed by atoms with Gasteiger partial charge in [0.2, 0.25) is 5.91 Å². The summed E-state index contributed by atoms with van der Waals surface area (Å²) in [5.41, 5.74) is 2.66. The first-order chi connectivity index (χ1) is 11.1. The molecule has 1 aromatic rings. The van der Waals surface area contributed by atoms with Crippen LogP contribution in [0, 0.1) is 13.8 Å². The van der Waals surface area contributed by atoms with E-state index in [4.69, 9.17) is 0 Å². The number of aryl methyl sites for hydroxylation is 2. The maximum atomic E-state index is 12.4. The topological polar surface area (TPSA) is 23.6 Å². The first-order valence-electron chi connectivity index (χ1n) is 8.85. The van der Waals surface area contributed by atoms with Crippen LogP contribution in [0.4, 0.5) is 0 Å². The van der Waals surface area contributed by atoms with Crippen molar-refractivity contribution in [3.8, 4) is 0 Å². The van der Waals surface area contributed by atoms with E-state index in [1.807, 2.05) is 0 Å². The summed E-state index contributed by atoms with van der Waals surface area (Å²) in [5.74, 6) is 1.22. The van der Waals surface area contributed by atoms with E-state index >= 15 is 0 Å². The van der Waals surface area contributed by atoms with Crippen LogP contribution in [-0.2, 0) is 4.79 Å². The lowest BCUT2D eigenvalue weighted by molar-refractivity contribution is -0.129. The Labute approximate surface area is 144 Å². The summed E-state index contributed by atoms with van der Waals surface area (Å²) in [6, 6.07) is 7.18. The van der Waals surface area contributed by atoms with Gasteiger partial charge in [-0.1, -0.05) is 6.07 Å². The summed E-state index contributed by atoms with van der Waals surface area (Å²) in [6.45, 7) is 8.65. The summed E-state index contributed by atoms with van der Waals surface area (Å²) in [6.07, 6.45) is 4.48. The molecule has 0 N–H and O–H groups in total. The third kappa shape index (κ3) is 4.30. The number of hydrogen-bond acceptors (Lipinski definition) is 3. The molecule has 2 aliphatic heterocycles. The van der Waals surface area contributed by atoms with E-state index in [1.54, 1.807) is 11.8 Å². The second kappa shape index (κ2) is 7.71. The third-order valence-electron chi connectivity index (χ3n) is 5.24. The maximum Gasteiger partial charge on any atom is 0.223 e. The highest BCUT2D eigenvalue weighted by atomic mass is 32.2. The SMILES string of the molecule is Cc1ccc(SCCC(=O)N2CCC(N3CCCC3)C2)cc1C. The van der Waals surface area contributed by atoms with Gasteiger partial charge in [-0.3, -0.25) is 9.69 Å². The molecule has 23 heavy (non-hydrogen) atoms. The Hall–Kier alpha value is -1.00. The molecule has 0 radical (unpaired) electrons. The van der Waals surface area contributed by atoms with Gasteiger partial charge in [0.05, 0.1) is 0 Å². The molecule has 2 saturated heterocycles. The zero-order chi connectivity index (χ0) is 16.2. The fraction of sp³-hybridized carbons (Fsp3) is 0.632. The van der Waals surface area contributed by atoms with Crippen molar-refractivity contribution in [3.05, 3.63) is 29.3 Å². The zero-order valence-electron chi connectivity index (χ0n) is 14.4. The van der Waals surface area contributed by atoms with Crippen molar-refractivity contribution < 1.29 is 4.79 Å². The number of likely N-dealkylation sites (tertiary alicyclic amines) is 2. The van der Waals surface area contributed by atoms with Crippen molar-refractivity contribution in [3.63, 3.8) is 0 Å². The molecule has 2 fully saturated rings. The number of carbonyl (C=O) groups is 1. The molecule has 126 valence electrons. The predicted molar refractivity (Wildman–Crippen MR) is 97.0 cm³/mol. The van der Waals surface area contributed by atoms with E-state index < -0.39 is 0 Å². The highest BCUT2D eigenvalue weighted by Gasteiger charge is 2.31. The minimum absolute atomic E-state index is 0.336. The van der Waals surface area contributed by atoms with Gasteiger partial charge in [-0.25, -0.2) is 0 Å².